The predicted octanol–water partition coefficient (Wildman–Crippen LogP) is 1.56. The van der Waals surface area contributed by atoms with Crippen molar-refractivity contribution >= 4 is 28.6 Å². The highest BCUT2D eigenvalue weighted by Gasteiger charge is 2.03. The molecule has 0 rings (SSSR count). The Hall–Kier alpha value is -0.440. The molecule has 0 aromatic rings. The molecule has 0 bridgehead atoms. The number of hydrogen-bond acceptors (Lipinski definition) is 1. The average Bonchev–Trinajstić information content (AvgIpc) is 2.04. The van der Waals surface area contributed by atoms with Gasteiger partial charge in [0.25, 0.3) is 0 Å². The summed E-state index contributed by atoms with van der Waals surface area (Å²) in [6.07, 6.45) is 1.98. The standard InChI is InChI=1S/C8H13IN2O/c1-2-3-6-11(8(10)12)7-4-5-9/h2-3,5-6H2,1H3,(H2,10,12). The van der Waals surface area contributed by atoms with Crippen LogP contribution in [0.5, 0.6) is 0 Å². The van der Waals surface area contributed by atoms with Crippen molar-refractivity contribution in [2.75, 3.05) is 11.0 Å². The lowest BCUT2D eigenvalue weighted by Crippen LogP contribution is -2.32. The Morgan fingerprint density at radius 3 is 2.75 bits per heavy atom. The van der Waals surface area contributed by atoms with Crippen LogP contribution in [0.2, 0.25) is 0 Å². The second-order valence-corrected chi connectivity index (χ2v) is 3.03. The van der Waals surface area contributed by atoms with Crippen molar-refractivity contribution in [1.29, 1.82) is 0 Å². The van der Waals surface area contributed by atoms with E-state index >= 15 is 0 Å². The third-order valence-corrected chi connectivity index (χ3v) is 1.66. The van der Waals surface area contributed by atoms with E-state index in [9.17, 15) is 4.79 Å². The van der Waals surface area contributed by atoms with Crippen molar-refractivity contribution in [3.8, 4) is 12.0 Å². The first kappa shape index (κ1) is 11.6. The van der Waals surface area contributed by atoms with E-state index in [1.807, 2.05) is 0 Å². The molecule has 0 aliphatic rings. The fourth-order valence-corrected chi connectivity index (χ4v) is 0.833. The molecule has 0 aromatic carbocycles. The summed E-state index contributed by atoms with van der Waals surface area (Å²) in [6, 6.07) is 2.25. The van der Waals surface area contributed by atoms with Gasteiger partial charge in [-0.25, -0.2) is 4.79 Å². The molecular weight excluding hydrogens is 267 g/mol. The van der Waals surface area contributed by atoms with Gasteiger partial charge in [-0.05, 0) is 6.42 Å². The number of nitrogens with zero attached hydrogens (tertiary/aromatic N) is 1. The number of rotatable bonds is 3. The minimum atomic E-state index is -0.458. The first-order chi connectivity index (χ1) is 5.72. The van der Waals surface area contributed by atoms with E-state index < -0.39 is 6.03 Å². The van der Waals surface area contributed by atoms with Crippen molar-refractivity contribution < 1.29 is 4.79 Å². The number of alkyl halides is 1. The molecule has 0 aromatic heterocycles. The number of carbonyl (C=O) groups is 1. The van der Waals surface area contributed by atoms with Crippen LogP contribution in [0.3, 0.4) is 0 Å². The smallest absolute Gasteiger partial charge is 0.326 e. The van der Waals surface area contributed by atoms with Crippen LogP contribution in [0.15, 0.2) is 0 Å². The molecule has 0 aliphatic carbocycles. The number of hydrogen-bond donors (Lipinski definition) is 1. The fourth-order valence-electron chi connectivity index (χ4n) is 0.663. The normalized spacial score (nSPS) is 8.50. The van der Waals surface area contributed by atoms with E-state index in [2.05, 4.69) is 41.5 Å². The molecule has 0 unspecified atom stereocenters. The van der Waals surface area contributed by atoms with Gasteiger partial charge < -0.3 is 5.73 Å². The molecule has 0 saturated carbocycles. The molecule has 0 aliphatic heterocycles. The summed E-state index contributed by atoms with van der Waals surface area (Å²) in [5, 5.41) is 0. The Balaban J connectivity index is 3.95. The second kappa shape index (κ2) is 7.22. The Kier molecular flexibility index (Phi) is 6.96. The second-order valence-electron chi connectivity index (χ2n) is 2.27. The summed E-state index contributed by atoms with van der Waals surface area (Å²) in [5.41, 5.74) is 5.10. The summed E-state index contributed by atoms with van der Waals surface area (Å²) in [4.78, 5) is 12.1. The molecule has 0 atom stereocenters. The van der Waals surface area contributed by atoms with Gasteiger partial charge in [-0.15, -0.1) is 0 Å². The molecular formula is C8H13IN2O. The number of unbranched alkanes of at least 4 members (excludes halogenated alkanes) is 1. The molecule has 68 valence electrons. The summed E-state index contributed by atoms with van der Waals surface area (Å²) >= 11 is 2.13. The van der Waals surface area contributed by atoms with Crippen molar-refractivity contribution in [1.82, 2.24) is 4.90 Å². The average molecular weight is 280 g/mol. The van der Waals surface area contributed by atoms with Crippen LogP contribution < -0.4 is 5.73 Å². The van der Waals surface area contributed by atoms with Crippen LogP contribution in [0.25, 0.3) is 0 Å². The molecule has 2 N–H and O–H groups in total. The zero-order valence-electron chi connectivity index (χ0n) is 7.14. The molecule has 2 amide bonds. The maximum Gasteiger partial charge on any atom is 0.326 e. The van der Waals surface area contributed by atoms with E-state index in [-0.39, 0.29) is 0 Å². The largest absolute Gasteiger partial charge is 0.351 e. The fraction of sp³-hybridized carbons (Fsp3) is 0.625. The van der Waals surface area contributed by atoms with Crippen LogP contribution in [-0.2, 0) is 0 Å². The quantitative estimate of drug-likeness (QED) is 0.362. The van der Waals surface area contributed by atoms with Crippen molar-refractivity contribution in [2.45, 2.75) is 19.8 Å². The first-order valence-corrected chi connectivity index (χ1v) is 5.36. The first-order valence-electron chi connectivity index (χ1n) is 3.83. The highest BCUT2D eigenvalue weighted by Crippen LogP contribution is 1.92. The lowest BCUT2D eigenvalue weighted by molar-refractivity contribution is 0.227. The lowest BCUT2D eigenvalue weighted by atomic mass is 10.3. The molecule has 0 radical (unpaired) electrons. The monoisotopic (exact) mass is 280 g/mol. The Bertz CT molecular complexity index is 195. The molecule has 12 heavy (non-hydrogen) atoms. The van der Waals surface area contributed by atoms with Gasteiger partial charge in [0.15, 0.2) is 0 Å². The van der Waals surface area contributed by atoms with Crippen LogP contribution in [-0.4, -0.2) is 21.9 Å². The molecule has 0 fully saturated rings. The molecule has 4 heteroatoms. The number of halogens is 1. The SMILES string of the molecule is CCCCN(C#CCI)C(N)=O. The third-order valence-electron chi connectivity index (χ3n) is 1.28. The van der Waals surface area contributed by atoms with Gasteiger partial charge in [0, 0.05) is 12.6 Å². The van der Waals surface area contributed by atoms with Crippen LogP contribution in [0, 0.1) is 12.0 Å². The van der Waals surface area contributed by atoms with E-state index in [0.29, 0.717) is 11.0 Å². The molecule has 3 nitrogen and oxygen atoms in total. The van der Waals surface area contributed by atoms with Gasteiger partial charge in [-0.3, -0.25) is 4.90 Å². The predicted molar refractivity (Wildman–Crippen MR) is 57.9 cm³/mol. The van der Waals surface area contributed by atoms with Crippen molar-refractivity contribution in [3.05, 3.63) is 0 Å². The van der Waals surface area contributed by atoms with Gasteiger partial charge in [-0.2, -0.15) is 0 Å². The minimum absolute atomic E-state index is 0.458. The van der Waals surface area contributed by atoms with Crippen LogP contribution in [0.4, 0.5) is 4.79 Å². The van der Waals surface area contributed by atoms with E-state index in [1.54, 1.807) is 0 Å². The lowest BCUT2D eigenvalue weighted by Gasteiger charge is -2.10. The zero-order chi connectivity index (χ0) is 9.40. The van der Waals surface area contributed by atoms with Crippen LogP contribution >= 0.6 is 22.6 Å². The Morgan fingerprint density at radius 1 is 1.67 bits per heavy atom. The van der Waals surface area contributed by atoms with Gasteiger partial charge >= 0.3 is 6.03 Å². The van der Waals surface area contributed by atoms with Crippen molar-refractivity contribution in [2.24, 2.45) is 5.73 Å². The van der Waals surface area contributed by atoms with Crippen molar-refractivity contribution in [3.63, 3.8) is 0 Å². The highest BCUT2D eigenvalue weighted by molar-refractivity contribution is 14.1. The summed E-state index contributed by atoms with van der Waals surface area (Å²) in [7, 11) is 0. The number of primary amides is 1. The topological polar surface area (TPSA) is 46.3 Å². The van der Waals surface area contributed by atoms with Crippen LogP contribution in [0.1, 0.15) is 19.8 Å². The molecule has 0 heterocycles. The molecule has 0 saturated heterocycles. The number of urea groups is 1. The minimum Gasteiger partial charge on any atom is -0.351 e. The van der Waals surface area contributed by atoms with E-state index in [0.717, 1.165) is 12.8 Å². The summed E-state index contributed by atoms with van der Waals surface area (Å²) in [6.45, 7) is 2.69. The number of amides is 2. The Morgan fingerprint density at radius 2 is 2.33 bits per heavy atom. The molecule has 0 spiro atoms. The maximum atomic E-state index is 10.8. The van der Waals surface area contributed by atoms with E-state index in [1.165, 1.54) is 4.90 Å². The highest BCUT2D eigenvalue weighted by atomic mass is 127. The number of carbonyl (C=O) groups excluding carboxylic acids is 1. The van der Waals surface area contributed by atoms with Gasteiger partial charge in [0.05, 0.1) is 4.43 Å². The third kappa shape index (κ3) is 5.24. The van der Waals surface area contributed by atoms with Gasteiger partial charge in [0.1, 0.15) is 0 Å². The van der Waals surface area contributed by atoms with Gasteiger partial charge in [-0.1, -0.05) is 41.9 Å². The number of nitrogens with two attached hydrogens (primary N) is 1. The summed E-state index contributed by atoms with van der Waals surface area (Å²) < 4.78 is 0.716. The van der Waals surface area contributed by atoms with Gasteiger partial charge in [0.2, 0.25) is 0 Å². The zero-order valence-corrected chi connectivity index (χ0v) is 9.30. The Labute approximate surface area is 86.8 Å². The summed E-state index contributed by atoms with van der Waals surface area (Å²) in [5.74, 6) is 2.80. The maximum absolute atomic E-state index is 10.8. The van der Waals surface area contributed by atoms with E-state index in [4.69, 9.17) is 5.73 Å².